The smallest absolute Gasteiger partial charge is 0.0922 e. The van der Waals surface area contributed by atoms with E-state index in [1.165, 1.54) is 17.2 Å². The van der Waals surface area contributed by atoms with Gasteiger partial charge in [-0.3, -0.25) is 0 Å². The van der Waals surface area contributed by atoms with Gasteiger partial charge in [-0.15, -0.1) is 0 Å². The molecule has 1 heterocycles. The summed E-state index contributed by atoms with van der Waals surface area (Å²) in [5, 5.41) is 12.9. The molecule has 2 aromatic carbocycles. The summed E-state index contributed by atoms with van der Waals surface area (Å²) >= 11 is 0. The summed E-state index contributed by atoms with van der Waals surface area (Å²) in [6.45, 7) is 5.26. The van der Waals surface area contributed by atoms with Crippen LogP contribution in [-0.4, -0.2) is 29.6 Å². The van der Waals surface area contributed by atoms with Crippen LogP contribution in [0, 0.1) is 5.92 Å². The van der Waals surface area contributed by atoms with Crippen LogP contribution < -0.4 is 0 Å². The molecule has 2 unspecified atom stereocenters. The number of nitrogens with zero attached hydrogens (tertiary/aromatic N) is 1. The van der Waals surface area contributed by atoms with Gasteiger partial charge in [-0.1, -0.05) is 49.4 Å². The van der Waals surface area contributed by atoms with E-state index in [4.69, 9.17) is 0 Å². The van der Waals surface area contributed by atoms with Gasteiger partial charge in [-0.2, -0.15) is 0 Å². The zero-order chi connectivity index (χ0) is 13.2. The molecule has 0 bridgehead atoms. The van der Waals surface area contributed by atoms with Crippen molar-refractivity contribution in [2.75, 3.05) is 19.6 Å². The highest BCUT2D eigenvalue weighted by Crippen LogP contribution is 2.26. The Morgan fingerprint density at radius 3 is 2.79 bits per heavy atom. The van der Waals surface area contributed by atoms with Crippen LogP contribution in [0.1, 0.15) is 25.0 Å². The lowest BCUT2D eigenvalue weighted by molar-refractivity contribution is 0.126. The third-order valence-corrected chi connectivity index (χ3v) is 4.12. The van der Waals surface area contributed by atoms with Crippen LogP contribution in [0.4, 0.5) is 0 Å². The summed E-state index contributed by atoms with van der Waals surface area (Å²) in [6.07, 6.45) is 0.860. The summed E-state index contributed by atoms with van der Waals surface area (Å²) in [5.41, 5.74) is 1.05. The molecule has 0 amide bonds. The number of β-amino-alcohol motifs (C(OH)–C–C–N with tert-alkyl or cyclic N) is 1. The Kier molecular flexibility index (Phi) is 3.54. The average molecular weight is 255 g/mol. The number of rotatable bonds is 3. The van der Waals surface area contributed by atoms with Gasteiger partial charge in [-0.25, -0.2) is 0 Å². The molecule has 1 aliphatic rings. The predicted octanol–water partition coefficient (Wildman–Crippen LogP) is 3.22. The highest BCUT2D eigenvalue weighted by molar-refractivity contribution is 5.85. The quantitative estimate of drug-likeness (QED) is 0.910. The van der Waals surface area contributed by atoms with E-state index in [0.717, 1.165) is 31.1 Å². The fraction of sp³-hybridized carbons (Fsp3) is 0.412. The number of benzene rings is 2. The lowest BCUT2D eigenvalue weighted by Gasteiger charge is -2.21. The Bertz CT molecular complexity index is 561. The van der Waals surface area contributed by atoms with E-state index in [1.807, 2.05) is 24.3 Å². The van der Waals surface area contributed by atoms with Crippen molar-refractivity contribution in [2.45, 2.75) is 19.4 Å². The molecule has 1 saturated heterocycles. The molecule has 0 radical (unpaired) electrons. The molecule has 0 aliphatic carbocycles. The summed E-state index contributed by atoms with van der Waals surface area (Å²) in [7, 11) is 0. The number of aliphatic hydroxyl groups excluding tert-OH is 1. The van der Waals surface area contributed by atoms with Gasteiger partial charge >= 0.3 is 0 Å². The summed E-state index contributed by atoms with van der Waals surface area (Å²) in [5.74, 6) is 0.764. The summed E-state index contributed by atoms with van der Waals surface area (Å²) < 4.78 is 0. The molecular formula is C17H21NO. The van der Waals surface area contributed by atoms with E-state index in [9.17, 15) is 5.11 Å². The zero-order valence-corrected chi connectivity index (χ0v) is 11.4. The lowest BCUT2D eigenvalue weighted by atomic mass is 10.0. The second-order valence-corrected chi connectivity index (χ2v) is 5.74. The van der Waals surface area contributed by atoms with Crippen molar-refractivity contribution in [3.05, 3.63) is 48.0 Å². The molecule has 1 aliphatic heterocycles. The van der Waals surface area contributed by atoms with Crippen molar-refractivity contribution < 1.29 is 5.11 Å². The van der Waals surface area contributed by atoms with Crippen molar-refractivity contribution in [2.24, 2.45) is 5.92 Å². The lowest BCUT2D eigenvalue weighted by Crippen LogP contribution is -2.26. The molecule has 100 valence electrons. The van der Waals surface area contributed by atoms with Crippen molar-refractivity contribution >= 4 is 10.8 Å². The molecule has 19 heavy (non-hydrogen) atoms. The molecule has 1 N–H and O–H groups in total. The van der Waals surface area contributed by atoms with E-state index in [0.29, 0.717) is 0 Å². The van der Waals surface area contributed by atoms with Gasteiger partial charge in [0.1, 0.15) is 0 Å². The largest absolute Gasteiger partial charge is 0.387 e. The second-order valence-electron chi connectivity index (χ2n) is 5.74. The van der Waals surface area contributed by atoms with Crippen LogP contribution in [0.15, 0.2) is 42.5 Å². The highest BCUT2D eigenvalue weighted by atomic mass is 16.3. The van der Waals surface area contributed by atoms with Crippen LogP contribution in [0.25, 0.3) is 10.8 Å². The summed E-state index contributed by atoms with van der Waals surface area (Å²) in [4.78, 5) is 2.37. The standard InChI is InChI=1S/C17H21NO/c1-13-9-10-18(11-13)12-17(19)16-8-4-6-14-5-2-3-7-15(14)16/h2-8,13,17,19H,9-12H2,1H3. The molecule has 2 aromatic rings. The maximum absolute atomic E-state index is 10.5. The van der Waals surface area contributed by atoms with Gasteiger partial charge in [0.05, 0.1) is 6.10 Å². The fourth-order valence-electron chi connectivity index (χ4n) is 3.08. The summed E-state index contributed by atoms with van der Waals surface area (Å²) in [6, 6.07) is 14.5. The van der Waals surface area contributed by atoms with Crippen LogP contribution in [0.2, 0.25) is 0 Å². The van der Waals surface area contributed by atoms with E-state index in [1.54, 1.807) is 0 Å². The minimum atomic E-state index is -0.392. The Balaban J connectivity index is 1.83. The number of hydrogen-bond acceptors (Lipinski definition) is 2. The number of aliphatic hydroxyl groups is 1. The molecule has 2 nitrogen and oxygen atoms in total. The maximum Gasteiger partial charge on any atom is 0.0922 e. The highest BCUT2D eigenvalue weighted by Gasteiger charge is 2.22. The van der Waals surface area contributed by atoms with Gasteiger partial charge in [0.25, 0.3) is 0 Å². The van der Waals surface area contributed by atoms with Gasteiger partial charge in [-0.05, 0) is 35.2 Å². The second kappa shape index (κ2) is 5.32. The van der Waals surface area contributed by atoms with Crippen molar-refractivity contribution in [1.82, 2.24) is 4.90 Å². The third kappa shape index (κ3) is 2.65. The predicted molar refractivity (Wildman–Crippen MR) is 79.1 cm³/mol. The molecule has 0 aromatic heterocycles. The van der Waals surface area contributed by atoms with Crippen molar-refractivity contribution in [3.63, 3.8) is 0 Å². The average Bonchev–Trinajstić information content (AvgIpc) is 2.83. The number of likely N-dealkylation sites (tertiary alicyclic amines) is 1. The Labute approximate surface area is 114 Å². The van der Waals surface area contributed by atoms with Gasteiger partial charge in [0, 0.05) is 13.1 Å². The first-order valence-corrected chi connectivity index (χ1v) is 7.12. The van der Waals surface area contributed by atoms with E-state index in [2.05, 4.69) is 30.0 Å². The van der Waals surface area contributed by atoms with E-state index >= 15 is 0 Å². The van der Waals surface area contributed by atoms with Gasteiger partial charge in [0.2, 0.25) is 0 Å². The normalized spacial score (nSPS) is 21.9. The van der Waals surface area contributed by atoms with Crippen LogP contribution >= 0.6 is 0 Å². The van der Waals surface area contributed by atoms with Gasteiger partial charge in [0.15, 0.2) is 0 Å². The zero-order valence-electron chi connectivity index (χ0n) is 11.4. The molecule has 1 fully saturated rings. The van der Waals surface area contributed by atoms with E-state index < -0.39 is 6.10 Å². The molecule has 0 saturated carbocycles. The molecule has 3 rings (SSSR count). The molecular weight excluding hydrogens is 234 g/mol. The maximum atomic E-state index is 10.5. The van der Waals surface area contributed by atoms with Crippen molar-refractivity contribution in [1.29, 1.82) is 0 Å². The topological polar surface area (TPSA) is 23.5 Å². The van der Waals surface area contributed by atoms with Crippen LogP contribution in [-0.2, 0) is 0 Å². The SMILES string of the molecule is CC1CCN(CC(O)c2cccc3ccccc23)C1. The first-order chi connectivity index (χ1) is 9.24. The van der Waals surface area contributed by atoms with Crippen LogP contribution in [0.5, 0.6) is 0 Å². The fourth-order valence-corrected chi connectivity index (χ4v) is 3.08. The molecule has 2 heteroatoms. The molecule has 2 atom stereocenters. The van der Waals surface area contributed by atoms with Crippen LogP contribution in [0.3, 0.4) is 0 Å². The Morgan fingerprint density at radius 2 is 2.00 bits per heavy atom. The number of fused-ring (bicyclic) bond motifs is 1. The first kappa shape index (κ1) is 12.6. The molecule has 0 spiro atoms. The van der Waals surface area contributed by atoms with E-state index in [-0.39, 0.29) is 0 Å². The van der Waals surface area contributed by atoms with Gasteiger partial charge < -0.3 is 10.0 Å². The Morgan fingerprint density at radius 1 is 1.21 bits per heavy atom. The minimum absolute atomic E-state index is 0.392. The minimum Gasteiger partial charge on any atom is -0.387 e. The third-order valence-electron chi connectivity index (χ3n) is 4.12. The first-order valence-electron chi connectivity index (χ1n) is 7.12. The monoisotopic (exact) mass is 255 g/mol. The van der Waals surface area contributed by atoms with Crippen molar-refractivity contribution in [3.8, 4) is 0 Å². The Hall–Kier alpha value is -1.38. The number of hydrogen-bond donors (Lipinski definition) is 1.